The summed E-state index contributed by atoms with van der Waals surface area (Å²) in [5, 5.41) is 5.80. The molecule has 5 heteroatoms. The Kier molecular flexibility index (Phi) is 4.69. The second kappa shape index (κ2) is 6.70. The monoisotopic (exact) mass is 274 g/mol. The fraction of sp³-hybridized carbons (Fsp3) is 0.143. The molecule has 1 aromatic heterocycles. The molecule has 0 saturated carbocycles. The standard InChI is InChI=1S/C14H14N2O2S/c1-11-4-2-5-12(8-11)18-10-14(17)16-15-9-13-6-3-7-19-13/h2-9H,10H2,1H3,(H,16,17)/b15-9+. The van der Waals surface area contributed by atoms with E-state index < -0.39 is 0 Å². The molecule has 0 aliphatic carbocycles. The average molecular weight is 274 g/mol. The predicted octanol–water partition coefficient (Wildman–Crippen LogP) is 2.59. The Labute approximate surface area is 115 Å². The zero-order chi connectivity index (χ0) is 13.5. The molecule has 1 aromatic carbocycles. The second-order valence-corrected chi connectivity index (χ2v) is 4.89. The highest BCUT2D eigenvalue weighted by atomic mass is 32.1. The summed E-state index contributed by atoms with van der Waals surface area (Å²) in [5.41, 5.74) is 3.51. The Morgan fingerprint density at radius 1 is 1.42 bits per heavy atom. The number of hydrazone groups is 1. The number of rotatable bonds is 5. The molecule has 2 aromatic rings. The number of benzene rings is 1. The van der Waals surface area contributed by atoms with Crippen LogP contribution < -0.4 is 10.2 Å². The van der Waals surface area contributed by atoms with Crippen LogP contribution in [0.3, 0.4) is 0 Å². The van der Waals surface area contributed by atoms with Crippen LogP contribution in [0.15, 0.2) is 46.9 Å². The molecule has 0 bridgehead atoms. The van der Waals surface area contributed by atoms with Crippen molar-refractivity contribution in [2.45, 2.75) is 6.92 Å². The van der Waals surface area contributed by atoms with E-state index in [4.69, 9.17) is 4.74 Å². The van der Waals surface area contributed by atoms with E-state index in [1.165, 1.54) is 0 Å². The highest BCUT2D eigenvalue weighted by Crippen LogP contribution is 2.11. The molecule has 0 radical (unpaired) electrons. The van der Waals surface area contributed by atoms with Crippen molar-refractivity contribution in [2.75, 3.05) is 6.61 Å². The summed E-state index contributed by atoms with van der Waals surface area (Å²) in [6, 6.07) is 11.4. The van der Waals surface area contributed by atoms with Gasteiger partial charge in [-0.3, -0.25) is 4.79 Å². The molecule has 0 atom stereocenters. The molecule has 0 fully saturated rings. The van der Waals surface area contributed by atoms with Crippen LogP contribution in [0.25, 0.3) is 0 Å². The lowest BCUT2D eigenvalue weighted by molar-refractivity contribution is -0.123. The Balaban J connectivity index is 1.76. The molecule has 19 heavy (non-hydrogen) atoms. The van der Waals surface area contributed by atoms with E-state index in [2.05, 4.69) is 10.5 Å². The summed E-state index contributed by atoms with van der Waals surface area (Å²) in [6.07, 6.45) is 1.61. The summed E-state index contributed by atoms with van der Waals surface area (Å²) < 4.78 is 5.35. The summed E-state index contributed by atoms with van der Waals surface area (Å²) in [7, 11) is 0. The van der Waals surface area contributed by atoms with Crippen LogP contribution in [0.2, 0.25) is 0 Å². The molecule has 0 aliphatic heterocycles. The van der Waals surface area contributed by atoms with E-state index in [1.807, 2.05) is 48.7 Å². The van der Waals surface area contributed by atoms with Gasteiger partial charge >= 0.3 is 0 Å². The van der Waals surface area contributed by atoms with Crippen molar-refractivity contribution in [3.8, 4) is 5.75 Å². The quantitative estimate of drug-likeness (QED) is 0.673. The zero-order valence-corrected chi connectivity index (χ0v) is 11.3. The van der Waals surface area contributed by atoms with Gasteiger partial charge in [-0.2, -0.15) is 5.10 Å². The Hall–Kier alpha value is -2.14. The second-order valence-electron chi connectivity index (χ2n) is 3.91. The number of nitrogens with zero attached hydrogens (tertiary/aromatic N) is 1. The van der Waals surface area contributed by atoms with Gasteiger partial charge < -0.3 is 4.74 Å². The van der Waals surface area contributed by atoms with Crippen LogP contribution in [0.5, 0.6) is 5.75 Å². The number of aryl methyl sites for hydroxylation is 1. The minimum absolute atomic E-state index is 0.0504. The lowest BCUT2D eigenvalue weighted by Crippen LogP contribution is -2.24. The fourth-order valence-corrected chi connectivity index (χ4v) is 2.00. The van der Waals surface area contributed by atoms with E-state index in [9.17, 15) is 4.79 Å². The van der Waals surface area contributed by atoms with Gasteiger partial charge in [0.15, 0.2) is 6.61 Å². The number of carbonyl (C=O) groups excluding carboxylic acids is 1. The van der Waals surface area contributed by atoms with Crippen molar-refractivity contribution < 1.29 is 9.53 Å². The maximum atomic E-state index is 11.5. The first-order chi connectivity index (χ1) is 9.24. The average Bonchev–Trinajstić information content (AvgIpc) is 2.90. The maximum absolute atomic E-state index is 11.5. The minimum atomic E-state index is -0.283. The molecule has 1 amide bonds. The van der Waals surface area contributed by atoms with Crippen LogP contribution >= 0.6 is 11.3 Å². The van der Waals surface area contributed by atoms with E-state index in [-0.39, 0.29) is 12.5 Å². The first kappa shape index (κ1) is 13.3. The Morgan fingerprint density at radius 2 is 2.32 bits per heavy atom. The zero-order valence-electron chi connectivity index (χ0n) is 10.5. The van der Waals surface area contributed by atoms with Crippen molar-refractivity contribution in [1.82, 2.24) is 5.43 Å². The SMILES string of the molecule is Cc1cccc(OCC(=O)N/N=C/c2cccs2)c1. The Bertz CT molecular complexity index is 565. The summed E-state index contributed by atoms with van der Waals surface area (Å²) >= 11 is 1.55. The van der Waals surface area contributed by atoms with Gasteiger partial charge in [0.25, 0.3) is 5.91 Å². The lowest BCUT2D eigenvalue weighted by Gasteiger charge is -2.05. The van der Waals surface area contributed by atoms with E-state index >= 15 is 0 Å². The number of hydrogen-bond acceptors (Lipinski definition) is 4. The maximum Gasteiger partial charge on any atom is 0.277 e. The topological polar surface area (TPSA) is 50.7 Å². The van der Waals surface area contributed by atoms with Crippen molar-refractivity contribution >= 4 is 23.5 Å². The van der Waals surface area contributed by atoms with Gasteiger partial charge in [-0.15, -0.1) is 11.3 Å². The molecule has 2 rings (SSSR count). The molecule has 0 spiro atoms. The molecule has 98 valence electrons. The molecular formula is C14H14N2O2S. The molecule has 0 aliphatic rings. The molecule has 1 heterocycles. The summed E-state index contributed by atoms with van der Waals surface area (Å²) in [5.74, 6) is 0.395. The van der Waals surface area contributed by atoms with Gasteiger partial charge in [0.1, 0.15) is 5.75 Å². The molecule has 0 unspecified atom stereocenters. The van der Waals surface area contributed by atoms with E-state index in [1.54, 1.807) is 17.6 Å². The fourth-order valence-electron chi connectivity index (χ4n) is 1.42. The van der Waals surface area contributed by atoms with Gasteiger partial charge in [0.05, 0.1) is 6.21 Å². The highest BCUT2D eigenvalue weighted by Gasteiger charge is 2.01. The number of carbonyl (C=O) groups is 1. The molecule has 0 saturated heterocycles. The van der Waals surface area contributed by atoms with Gasteiger partial charge in [0.2, 0.25) is 0 Å². The third-order valence-electron chi connectivity index (χ3n) is 2.28. The highest BCUT2D eigenvalue weighted by molar-refractivity contribution is 7.11. The van der Waals surface area contributed by atoms with Crippen molar-refractivity contribution in [3.05, 3.63) is 52.2 Å². The predicted molar refractivity (Wildman–Crippen MR) is 76.7 cm³/mol. The van der Waals surface area contributed by atoms with Crippen molar-refractivity contribution in [2.24, 2.45) is 5.10 Å². The summed E-state index contributed by atoms with van der Waals surface area (Å²) in [4.78, 5) is 12.5. The largest absolute Gasteiger partial charge is 0.484 e. The van der Waals surface area contributed by atoms with Crippen LogP contribution in [0.1, 0.15) is 10.4 Å². The lowest BCUT2D eigenvalue weighted by atomic mass is 10.2. The van der Waals surface area contributed by atoms with Crippen LogP contribution in [-0.4, -0.2) is 18.7 Å². The normalized spacial score (nSPS) is 10.6. The number of thiophene rings is 1. The summed E-state index contributed by atoms with van der Waals surface area (Å²) in [6.45, 7) is 1.92. The van der Waals surface area contributed by atoms with Gasteiger partial charge in [0, 0.05) is 4.88 Å². The first-order valence-electron chi connectivity index (χ1n) is 5.79. The number of amides is 1. The van der Waals surface area contributed by atoms with Gasteiger partial charge in [-0.05, 0) is 36.1 Å². The number of nitrogens with one attached hydrogen (secondary N) is 1. The molecule has 4 nitrogen and oxygen atoms in total. The van der Waals surface area contributed by atoms with Crippen LogP contribution in [0, 0.1) is 6.92 Å². The molecular weight excluding hydrogens is 260 g/mol. The van der Waals surface area contributed by atoms with E-state index in [0.29, 0.717) is 5.75 Å². The molecule has 1 N–H and O–H groups in total. The number of hydrogen-bond donors (Lipinski definition) is 1. The van der Waals surface area contributed by atoms with Crippen LogP contribution in [0.4, 0.5) is 0 Å². The van der Waals surface area contributed by atoms with Crippen molar-refractivity contribution in [1.29, 1.82) is 0 Å². The van der Waals surface area contributed by atoms with Gasteiger partial charge in [-0.1, -0.05) is 18.2 Å². The first-order valence-corrected chi connectivity index (χ1v) is 6.67. The van der Waals surface area contributed by atoms with E-state index in [0.717, 1.165) is 10.4 Å². The minimum Gasteiger partial charge on any atom is -0.484 e. The third kappa shape index (κ3) is 4.56. The van der Waals surface area contributed by atoms with Crippen molar-refractivity contribution in [3.63, 3.8) is 0 Å². The van der Waals surface area contributed by atoms with Gasteiger partial charge in [-0.25, -0.2) is 5.43 Å². The third-order valence-corrected chi connectivity index (χ3v) is 3.09. The number of ether oxygens (including phenoxy) is 1. The smallest absolute Gasteiger partial charge is 0.277 e. The Morgan fingerprint density at radius 3 is 3.05 bits per heavy atom. The van der Waals surface area contributed by atoms with Crippen LogP contribution in [-0.2, 0) is 4.79 Å².